The lowest BCUT2D eigenvalue weighted by Crippen LogP contribution is -2.26. The molecule has 0 saturated carbocycles. The highest BCUT2D eigenvalue weighted by Crippen LogP contribution is 2.19. The third-order valence-electron chi connectivity index (χ3n) is 1.94. The molecule has 0 amide bonds. The van der Waals surface area contributed by atoms with Crippen LogP contribution >= 0.6 is 11.3 Å². The van der Waals surface area contributed by atoms with Crippen LogP contribution in [0.15, 0.2) is 9.72 Å². The van der Waals surface area contributed by atoms with Crippen LogP contribution in [0.2, 0.25) is 0 Å². The molecule has 18 heavy (non-hydrogen) atoms. The molecule has 0 atom stereocenters. The fraction of sp³-hybridized carbons (Fsp3) is 0.556. The lowest BCUT2D eigenvalue weighted by atomic mass is 10.5. The number of carbonyl (C=O) groups is 1. The van der Waals surface area contributed by atoms with Crippen molar-refractivity contribution in [2.75, 3.05) is 19.8 Å². The number of hydrogen-bond donors (Lipinski definition) is 2. The monoisotopic (exact) mass is 294 g/mol. The van der Waals surface area contributed by atoms with E-state index in [0.29, 0.717) is 19.6 Å². The van der Waals surface area contributed by atoms with Gasteiger partial charge in [-0.2, -0.15) is 0 Å². The molecule has 0 radical (unpaired) electrons. The van der Waals surface area contributed by atoms with E-state index in [0.717, 1.165) is 11.3 Å². The van der Waals surface area contributed by atoms with Crippen molar-refractivity contribution in [2.24, 2.45) is 0 Å². The molecule has 0 unspecified atom stereocenters. The summed E-state index contributed by atoms with van der Waals surface area (Å²) in [4.78, 5) is 14.3. The highest BCUT2D eigenvalue weighted by Gasteiger charge is 2.24. The highest BCUT2D eigenvalue weighted by molar-refractivity contribution is 7.91. The second kappa shape index (κ2) is 6.78. The molecular weight excluding hydrogens is 280 g/mol. The lowest BCUT2D eigenvalue weighted by Gasteiger charge is -2.05. The molecule has 0 aliphatic heterocycles. The number of nitrogens with one attached hydrogen (secondary N) is 1. The van der Waals surface area contributed by atoms with Crippen LogP contribution in [0.1, 0.15) is 23.8 Å². The first-order valence-corrected chi connectivity index (χ1v) is 7.59. The molecule has 0 aromatic carbocycles. The van der Waals surface area contributed by atoms with Gasteiger partial charge in [-0.15, -0.1) is 11.3 Å². The van der Waals surface area contributed by atoms with Crippen LogP contribution in [0, 0.1) is 0 Å². The Labute approximate surface area is 109 Å². The van der Waals surface area contributed by atoms with Crippen LogP contribution in [0.25, 0.3) is 0 Å². The van der Waals surface area contributed by atoms with Crippen molar-refractivity contribution in [1.29, 1.82) is 0 Å². The quantitative estimate of drug-likeness (QED) is 0.678. The van der Waals surface area contributed by atoms with E-state index in [2.05, 4.69) is 9.71 Å². The maximum atomic E-state index is 11.8. The number of thiazole rings is 1. The fourth-order valence-corrected chi connectivity index (χ4v) is 3.42. The van der Waals surface area contributed by atoms with E-state index >= 15 is 0 Å². The Balaban J connectivity index is 2.63. The third kappa shape index (κ3) is 4.02. The Hall–Kier alpha value is -1.03. The van der Waals surface area contributed by atoms with Crippen molar-refractivity contribution in [3.05, 3.63) is 11.2 Å². The van der Waals surface area contributed by atoms with E-state index < -0.39 is 21.7 Å². The third-order valence-corrected chi connectivity index (χ3v) is 4.77. The lowest BCUT2D eigenvalue weighted by molar-refractivity contribution is 0.0687. The maximum absolute atomic E-state index is 11.8. The van der Waals surface area contributed by atoms with Crippen molar-refractivity contribution in [1.82, 2.24) is 9.71 Å². The minimum Gasteiger partial charge on any atom is -0.476 e. The van der Waals surface area contributed by atoms with Gasteiger partial charge in [0.15, 0.2) is 9.90 Å². The van der Waals surface area contributed by atoms with Crippen LogP contribution in [-0.4, -0.2) is 44.2 Å². The van der Waals surface area contributed by atoms with Crippen LogP contribution in [0.3, 0.4) is 0 Å². The number of rotatable bonds is 8. The van der Waals surface area contributed by atoms with E-state index in [-0.39, 0.29) is 10.8 Å². The first kappa shape index (κ1) is 15.0. The number of carboxylic acid groups (broad SMARTS) is 1. The van der Waals surface area contributed by atoms with Crippen molar-refractivity contribution < 1.29 is 23.1 Å². The molecule has 0 spiro atoms. The minimum atomic E-state index is -3.81. The van der Waals surface area contributed by atoms with Gasteiger partial charge < -0.3 is 9.84 Å². The van der Waals surface area contributed by atoms with Crippen LogP contribution < -0.4 is 4.72 Å². The molecular formula is C9H14N2O5S2. The van der Waals surface area contributed by atoms with Gasteiger partial charge in [-0.3, -0.25) is 0 Å². The number of aromatic carboxylic acids is 1. The summed E-state index contributed by atoms with van der Waals surface area (Å²) >= 11 is 0.779. The summed E-state index contributed by atoms with van der Waals surface area (Å²) in [5.74, 6) is -1.36. The molecule has 0 aliphatic carbocycles. The molecule has 9 heteroatoms. The zero-order chi connectivity index (χ0) is 13.6. The largest absolute Gasteiger partial charge is 0.476 e. The molecule has 1 aromatic heterocycles. The van der Waals surface area contributed by atoms with E-state index in [9.17, 15) is 13.2 Å². The Morgan fingerprint density at radius 3 is 2.94 bits per heavy atom. The summed E-state index contributed by atoms with van der Waals surface area (Å²) in [5.41, 5.74) is 0.746. The van der Waals surface area contributed by atoms with Gasteiger partial charge in [0.05, 0.1) is 5.51 Å². The van der Waals surface area contributed by atoms with Crippen LogP contribution in [-0.2, 0) is 14.8 Å². The topological polar surface area (TPSA) is 106 Å². The number of carboxylic acids is 1. The van der Waals surface area contributed by atoms with Gasteiger partial charge in [-0.25, -0.2) is 22.9 Å². The van der Waals surface area contributed by atoms with Crippen molar-refractivity contribution in [2.45, 2.75) is 17.6 Å². The van der Waals surface area contributed by atoms with Crippen molar-refractivity contribution in [3.63, 3.8) is 0 Å². The van der Waals surface area contributed by atoms with Crippen molar-refractivity contribution in [3.8, 4) is 0 Å². The van der Waals surface area contributed by atoms with Gasteiger partial charge in [-0.05, 0) is 13.3 Å². The molecule has 1 heterocycles. The standard InChI is InChI=1S/C9H14N2O5S2/c1-2-16-5-3-4-11-18(14,15)9-7(8(12)13)10-6-17-9/h6,11H,2-5H2,1H3,(H,12,13). The smallest absolute Gasteiger partial charge is 0.356 e. The number of sulfonamides is 1. The molecule has 102 valence electrons. The Kier molecular flexibility index (Phi) is 5.66. The normalized spacial score (nSPS) is 11.6. The van der Waals surface area contributed by atoms with E-state index in [1.807, 2.05) is 6.92 Å². The number of aromatic nitrogens is 1. The molecule has 0 fully saturated rings. The average molecular weight is 294 g/mol. The Morgan fingerprint density at radius 2 is 2.33 bits per heavy atom. The molecule has 1 rings (SSSR count). The van der Waals surface area contributed by atoms with Gasteiger partial charge >= 0.3 is 5.97 Å². The Bertz CT molecular complexity index is 497. The molecule has 0 aliphatic rings. The zero-order valence-electron chi connectivity index (χ0n) is 9.75. The summed E-state index contributed by atoms with van der Waals surface area (Å²) < 4.78 is 30.7. The first-order chi connectivity index (χ1) is 8.49. The summed E-state index contributed by atoms with van der Waals surface area (Å²) in [6.07, 6.45) is 0.522. The van der Waals surface area contributed by atoms with E-state index in [1.54, 1.807) is 0 Å². The first-order valence-electron chi connectivity index (χ1n) is 5.23. The average Bonchev–Trinajstić information content (AvgIpc) is 2.78. The van der Waals surface area contributed by atoms with Gasteiger partial charge in [0.25, 0.3) is 10.0 Å². The van der Waals surface area contributed by atoms with Crippen molar-refractivity contribution >= 4 is 27.3 Å². The van der Waals surface area contributed by atoms with E-state index in [4.69, 9.17) is 9.84 Å². The second-order valence-electron chi connectivity index (χ2n) is 3.24. The van der Waals surface area contributed by atoms with Gasteiger partial charge in [0.2, 0.25) is 0 Å². The minimum absolute atomic E-state index is 0.194. The summed E-state index contributed by atoms with van der Waals surface area (Å²) in [5, 5.41) is 8.79. The molecule has 7 nitrogen and oxygen atoms in total. The predicted molar refractivity (Wildman–Crippen MR) is 65.4 cm³/mol. The number of hydrogen-bond acceptors (Lipinski definition) is 6. The molecule has 0 bridgehead atoms. The summed E-state index contributed by atoms with van der Waals surface area (Å²) in [6, 6.07) is 0. The Morgan fingerprint density at radius 1 is 1.61 bits per heavy atom. The maximum Gasteiger partial charge on any atom is 0.356 e. The van der Waals surface area contributed by atoms with Crippen LogP contribution in [0.4, 0.5) is 0 Å². The zero-order valence-corrected chi connectivity index (χ0v) is 11.4. The SMILES string of the molecule is CCOCCCNS(=O)(=O)c1scnc1C(=O)O. The second-order valence-corrected chi connectivity index (χ2v) is 6.06. The van der Waals surface area contributed by atoms with Gasteiger partial charge in [0, 0.05) is 19.8 Å². The molecule has 2 N–H and O–H groups in total. The molecule has 1 aromatic rings. The predicted octanol–water partition coefficient (Wildman–Crippen LogP) is 0.546. The van der Waals surface area contributed by atoms with E-state index in [1.165, 1.54) is 5.51 Å². The molecule has 0 saturated heterocycles. The fourth-order valence-electron chi connectivity index (χ4n) is 1.16. The number of ether oxygens (including phenoxy) is 1. The summed E-state index contributed by atoms with van der Waals surface area (Å²) in [7, 11) is -3.81. The number of nitrogens with zero attached hydrogens (tertiary/aromatic N) is 1. The highest BCUT2D eigenvalue weighted by atomic mass is 32.2. The van der Waals surface area contributed by atoms with Gasteiger partial charge in [-0.1, -0.05) is 0 Å². The van der Waals surface area contributed by atoms with Crippen LogP contribution in [0.5, 0.6) is 0 Å². The summed E-state index contributed by atoms with van der Waals surface area (Å²) in [6.45, 7) is 3.07. The van der Waals surface area contributed by atoms with Gasteiger partial charge in [0.1, 0.15) is 0 Å².